The van der Waals surface area contributed by atoms with Crippen molar-refractivity contribution in [3.8, 4) is 0 Å². The maximum atomic E-state index is 10.4. The molecule has 1 saturated carbocycles. The van der Waals surface area contributed by atoms with Crippen molar-refractivity contribution in [1.82, 2.24) is 5.32 Å². The summed E-state index contributed by atoms with van der Waals surface area (Å²) in [6, 6.07) is -0.478. The summed E-state index contributed by atoms with van der Waals surface area (Å²) in [4.78, 5) is 10.4. The lowest BCUT2D eigenvalue weighted by Gasteiger charge is -2.40. The summed E-state index contributed by atoms with van der Waals surface area (Å²) >= 11 is 0. The number of ether oxygens (including phenoxy) is 1. The van der Waals surface area contributed by atoms with Gasteiger partial charge in [0.1, 0.15) is 0 Å². The van der Waals surface area contributed by atoms with Crippen LogP contribution in [0.15, 0.2) is 0 Å². The first-order chi connectivity index (χ1) is 5.18. The van der Waals surface area contributed by atoms with Crippen LogP contribution >= 0.6 is 0 Å². The summed E-state index contributed by atoms with van der Waals surface area (Å²) in [5, 5.41) is 2.55. The van der Waals surface area contributed by atoms with Crippen molar-refractivity contribution in [2.45, 2.75) is 24.9 Å². The van der Waals surface area contributed by atoms with Gasteiger partial charge >= 0.3 is 6.03 Å². The van der Waals surface area contributed by atoms with Crippen LogP contribution < -0.4 is 11.1 Å². The Labute approximate surface area is 66.1 Å². The van der Waals surface area contributed by atoms with Crippen molar-refractivity contribution in [3.05, 3.63) is 0 Å². The Morgan fingerprint density at radius 2 is 2.36 bits per heavy atom. The molecule has 0 atom stereocenters. The van der Waals surface area contributed by atoms with Crippen LogP contribution in [-0.4, -0.2) is 25.3 Å². The van der Waals surface area contributed by atoms with Crippen LogP contribution in [0.25, 0.3) is 0 Å². The van der Waals surface area contributed by atoms with Crippen molar-refractivity contribution in [1.29, 1.82) is 0 Å². The first kappa shape index (κ1) is 8.33. The smallest absolute Gasteiger partial charge is 0.312 e. The standard InChI is InChI=1S/C7H14N2O2/c1-11-7(3-2-4-7)5-9-6(8)10/h2-5H2,1H3,(H3,8,9,10). The van der Waals surface area contributed by atoms with Gasteiger partial charge in [0.05, 0.1) is 5.60 Å². The van der Waals surface area contributed by atoms with Crippen LogP contribution in [-0.2, 0) is 4.74 Å². The highest BCUT2D eigenvalue weighted by molar-refractivity contribution is 5.71. The Morgan fingerprint density at radius 1 is 1.73 bits per heavy atom. The predicted molar refractivity (Wildman–Crippen MR) is 41.2 cm³/mol. The van der Waals surface area contributed by atoms with E-state index in [2.05, 4.69) is 5.32 Å². The minimum atomic E-state index is -0.478. The van der Waals surface area contributed by atoms with Crippen LogP contribution in [0.3, 0.4) is 0 Å². The van der Waals surface area contributed by atoms with E-state index < -0.39 is 6.03 Å². The monoisotopic (exact) mass is 158 g/mol. The van der Waals surface area contributed by atoms with Gasteiger partial charge in [-0.05, 0) is 19.3 Å². The van der Waals surface area contributed by atoms with Crippen LogP contribution in [0.2, 0.25) is 0 Å². The van der Waals surface area contributed by atoms with E-state index >= 15 is 0 Å². The van der Waals surface area contributed by atoms with E-state index in [9.17, 15) is 4.79 Å². The number of amides is 2. The Kier molecular flexibility index (Phi) is 2.34. The van der Waals surface area contributed by atoms with Gasteiger partial charge in [0.25, 0.3) is 0 Å². The molecule has 0 aliphatic heterocycles. The number of primary amides is 1. The van der Waals surface area contributed by atoms with Gasteiger partial charge in [0.2, 0.25) is 0 Å². The second-order valence-electron chi connectivity index (χ2n) is 2.96. The highest BCUT2D eigenvalue weighted by Crippen LogP contribution is 2.34. The molecule has 0 spiro atoms. The van der Waals surface area contributed by atoms with Gasteiger partial charge in [-0.2, -0.15) is 0 Å². The van der Waals surface area contributed by atoms with E-state index in [0.717, 1.165) is 12.8 Å². The van der Waals surface area contributed by atoms with Crippen molar-refractivity contribution in [2.75, 3.05) is 13.7 Å². The third-order valence-corrected chi connectivity index (χ3v) is 2.28. The molecule has 0 aromatic heterocycles. The van der Waals surface area contributed by atoms with E-state index in [1.807, 2.05) is 0 Å². The summed E-state index contributed by atoms with van der Waals surface area (Å²) in [7, 11) is 1.67. The molecule has 4 nitrogen and oxygen atoms in total. The molecule has 3 N–H and O–H groups in total. The zero-order valence-electron chi connectivity index (χ0n) is 6.72. The zero-order valence-corrected chi connectivity index (χ0v) is 6.72. The Balaban J connectivity index is 2.27. The Hall–Kier alpha value is -0.770. The van der Waals surface area contributed by atoms with Gasteiger partial charge in [-0.15, -0.1) is 0 Å². The number of nitrogens with two attached hydrogens (primary N) is 1. The topological polar surface area (TPSA) is 64.3 Å². The number of nitrogens with one attached hydrogen (secondary N) is 1. The maximum absolute atomic E-state index is 10.4. The molecule has 4 heteroatoms. The van der Waals surface area contributed by atoms with Crippen molar-refractivity contribution in [2.24, 2.45) is 5.73 Å². The highest BCUT2D eigenvalue weighted by atomic mass is 16.5. The average molecular weight is 158 g/mol. The lowest BCUT2D eigenvalue weighted by molar-refractivity contribution is -0.0672. The number of carbonyl (C=O) groups excluding carboxylic acids is 1. The normalized spacial score (nSPS) is 20.5. The van der Waals surface area contributed by atoms with Crippen LogP contribution in [0, 0.1) is 0 Å². The molecule has 1 rings (SSSR count). The Morgan fingerprint density at radius 3 is 2.64 bits per heavy atom. The van der Waals surface area contributed by atoms with E-state index in [4.69, 9.17) is 10.5 Å². The molecule has 64 valence electrons. The molecule has 0 unspecified atom stereocenters. The quantitative estimate of drug-likeness (QED) is 0.617. The lowest BCUT2D eigenvalue weighted by atomic mass is 9.80. The van der Waals surface area contributed by atoms with Gasteiger partial charge < -0.3 is 15.8 Å². The lowest BCUT2D eigenvalue weighted by Crippen LogP contribution is -2.50. The molecule has 0 bridgehead atoms. The molecule has 2 amide bonds. The molecule has 0 aromatic rings. The summed E-state index contributed by atoms with van der Waals surface area (Å²) in [5.74, 6) is 0. The largest absolute Gasteiger partial charge is 0.376 e. The third kappa shape index (κ3) is 1.83. The molecule has 1 fully saturated rings. The number of carbonyl (C=O) groups is 1. The second-order valence-corrected chi connectivity index (χ2v) is 2.96. The van der Waals surface area contributed by atoms with Gasteiger partial charge in [-0.1, -0.05) is 0 Å². The molecule has 0 aromatic carbocycles. The maximum Gasteiger partial charge on any atom is 0.312 e. The second kappa shape index (κ2) is 3.09. The van der Waals surface area contributed by atoms with Crippen LogP contribution in [0.5, 0.6) is 0 Å². The highest BCUT2D eigenvalue weighted by Gasteiger charge is 2.36. The van der Waals surface area contributed by atoms with Crippen LogP contribution in [0.4, 0.5) is 4.79 Å². The van der Waals surface area contributed by atoms with Crippen LogP contribution in [0.1, 0.15) is 19.3 Å². The summed E-state index contributed by atoms with van der Waals surface area (Å²) < 4.78 is 5.25. The first-order valence-electron chi connectivity index (χ1n) is 3.77. The predicted octanol–water partition coefficient (Wildman–Crippen LogP) is 0.224. The van der Waals surface area contributed by atoms with Gasteiger partial charge in [0, 0.05) is 13.7 Å². The molecule has 0 heterocycles. The molecule has 0 saturated heterocycles. The van der Waals surface area contributed by atoms with Crippen molar-refractivity contribution in [3.63, 3.8) is 0 Å². The minimum absolute atomic E-state index is 0.116. The minimum Gasteiger partial charge on any atom is -0.376 e. The number of hydrogen-bond donors (Lipinski definition) is 2. The molecular weight excluding hydrogens is 144 g/mol. The molecule has 0 radical (unpaired) electrons. The number of hydrogen-bond acceptors (Lipinski definition) is 2. The van der Waals surface area contributed by atoms with E-state index in [0.29, 0.717) is 6.54 Å². The van der Waals surface area contributed by atoms with E-state index in [-0.39, 0.29) is 5.60 Å². The fourth-order valence-electron chi connectivity index (χ4n) is 1.27. The van der Waals surface area contributed by atoms with Crippen molar-refractivity contribution >= 4 is 6.03 Å². The fraction of sp³-hybridized carbons (Fsp3) is 0.857. The number of rotatable bonds is 3. The molecule has 1 aliphatic carbocycles. The average Bonchev–Trinajstić information content (AvgIpc) is 1.86. The zero-order chi connectivity index (χ0) is 8.32. The Bertz CT molecular complexity index is 149. The molecule has 11 heavy (non-hydrogen) atoms. The van der Waals surface area contributed by atoms with Crippen molar-refractivity contribution < 1.29 is 9.53 Å². The SMILES string of the molecule is COC1(CNC(N)=O)CCC1. The summed E-state index contributed by atoms with van der Waals surface area (Å²) in [5.41, 5.74) is 4.81. The van der Waals surface area contributed by atoms with Gasteiger partial charge in [-0.3, -0.25) is 0 Å². The number of urea groups is 1. The van der Waals surface area contributed by atoms with Gasteiger partial charge in [-0.25, -0.2) is 4.79 Å². The van der Waals surface area contributed by atoms with Gasteiger partial charge in [0.15, 0.2) is 0 Å². The first-order valence-corrected chi connectivity index (χ1v) is 3.77. The number of methoxy groups -OCH3 is 1. The fourth-order valence-corrected chi connectivity index (χ4v) is 1.27. The molecule has 1 aliphatic rings. The summed E-state index contributed by atoms with van der Waals surface area (Å²) in [6.07, 6.45) is 3.21. The summed E-state index contributed by atoms with van der Waals surface area (Å²) in [6.45, 7) is 0.541. The third-order valence-electron chi connectivity index (χ3n) is 2.28. The van der Waals surface area contributed by atoms with E-state index in [1.54, 1.807) is 7.11 Å². The molecular formula is C7H14N2O2. The van der Waals surface area contributed by atoms with E-state index in [1.165, 1.54) is 6.42 Å².